The smallest absolute Gasteiger partial charge is 0.343 e. The Hall–Kier alpha value is 0.716. The number of carbonyl (C=O) groups excluding carboxylic acids is 1. The van der Waals surface area contributed by atoms with Gasteiger partial charge < -0.3 is 6.92 Å². The van der Waals surface area contributed by atoms with E-state index in [0.29, 0.717) is 6.61 Å². The molecule has 0 fully saturated rings. The molecular formula is C9H17O3Tb-. The summed E-state index contributed by atoms with van der Waals surface area (Å²) in [6.45, 7) is 9.39. The molecule has 0 aromatic rings. The van der Waals surface area contributed by atoms with Gasteiger partial charge in [0.1, 0.15) is 0 Å². The Morgan fingerprint density at radius 2 is 1.92 bits per heavy atom. The van der Waals surface area contributed by atoms with E-state index in [-0.39, 0.29) is 44.6 Å². The van der Waals surface area contributed by atoms with Crippen LogP contribution in [-0.4, -0.2) is 12.6 Å². The van der Waals surface area contributed by atoms with Crippen molar-refractivity contribution in [3.63, 3.8) is 0 Å². The first-order valence-corrected chi connectivity index (χ1v) is 4.11. The van der Waals surface area contributed by atoms with E-state index in [2.05, 4.69) is 16.7 Å². The predicted molar refractivity (Wildman–Crippen MR) is 46.1 cm³/mol. The van der Waals surface area contributed by atoms with Gasteiger partial charge in [0.15, 0.2) is 0 Å². The van der Waals surface area contributed by atoms with Crippen LogP contribution in [0.4, 0.5) is 0 Å². The van der Waals surface area contributed by atoms with Crippen LogP contribution in [0.25, 0.3) is 0 Å². The van der Waals surface area contributed by atoms with Gasteiger partial charge in [0, 0.05) is 38.6 Å². The van der Waals surface area contributed by atoms with Gasteiger partial charge in [-0.1, -0.05) is 6.42 Å². The van der Waals surface area contributed by atoms with Gasteiger partial charge >= 0.3 is 5.97 Å². The van der Waals surface area contributed by atoms with Crippen LogP contribution in [0.15, 0.2) is 0 Å². The number of carbonyl (C=O) groups is 1. The molecule has 0 unspecified atom stereocenters. The fourth-order valence-electron chi connectivity index (χ4n) is 0.381. The third kappa shape index (κ3) is 9.03. The van der Waals surface area contributed by atoms with Gasteiger partial charge in [0.25, 0.3) is 0 Å². The molecule has 0 aromatic carbocycles. The molecule has 0 rings (SSSR count). The summed E-state index contributed by atoms with van der Waals surface area (Å²) >= 11 is 0. The second-order valence-corrected chi connectivity index (χ2v) is 3.65. The maximum Gasteiger partial charge on any atom is 0.347 e. The first-order chi connectivity index (χ1) is 5.48. The molecule has 81 valence electrons. The zero-order chi connectivity index (χ0) is 9.61. The Bertz CT molecular complexity index is 140. The maximum atomic E-state index is 11.1. The normalized spacial score (nSPS) is 10.5. The zero-order valence-electron chi connectivity index (χ0n) is 8.39. The van der Waals surface area contributed by atoms with Crippen molar-refractivity contribution in [3.05, 3.63) is 6.92 Å². The van der Waals surface area contributed by atoms with E-state index in [1.165, 1.54) is 0 Å². The third-order valence-electron chi connectivity index (χ3n) is 1.22. The van der Waals surface area contributed by atoms with Crippen LogP contribution >= 0.6 is 0 Å². The molecule has 0 aliphatic rings. The average molecular weight is 332 g/mol. The third-order valence-corrected chi connectivity index (χ3v) is 1.22. The van der Waals surface area contributed by atoms with E-state index >= 15 is 0 Å². The topological polar surface area (TPSA) is 35.5 Å². The molecule has 13 heavy (non-hydrogen) atoms. The summed E-state index contributed by atoms with van der Waals surface area (Å²) in [6, 6.07) is 0. The van der Waals surface area contributed by atoms with Crippen LogP contribution in [-0.2, 0) is 14.6 Å². The molecule has 0 atom stereocenters. The first kappa shape index (κ1) is 16.2. The Balaban J connectivity index is 0. The Labute approximate surface area is 111 Å². The van der Waals surface area contributed by atoms with Gasteiger partial charge in [-0.25, -0.2) is 4.79 Å². The molecular weight excluding hydrogens is 315 g/mol. The molecule has 0 aromatic heterocycles. The number of hydrogen-bond donors (Lipinski definition) is 0. The number of rotatable bonds is 4. The van der Waals surface area contributed by atoms with E-state index in [0.717, 1.165) is 12.8 Å². The standard InChI is InChI=1S/C9H17O3.Tb/c1-5-6-7-11-12-8(10)9(2,3)4;/h1,5-7H2,2-4H3;/q-1;. The van der Waals surface area contributed by atoms with Crippen molar-refractivity contribution in [2.24, 2.45) is 5.41 Å². The summed E-state index contributed by atoms with van der Waals surface area (Å²) in [6.07, 6.45) is 1.59. The van der Waals surface area contributed by atoms with E-state index in [1.807, 2.05) is 0 Å². The molecule has 0 saturated carbocycles. The van der Waals surface area contributed by atoms with Crippen molar-refractivity contribution in [2.45, 2.75) is 33.6 Å². The molecule has 3 nitrogen and oxygen atoms in total. The van der Waals surface area contributed by atoms with Crippen molar-refractivity contribution in [3.8, 4) is 0 Å². The summed E-state index contributed by atoms with van der Waals surface area (Å²) in [5.74, 6) is -0.341. The monoisotopic (exact) mass is 332 g/mol. The fourth-order valence-corrected chi connectivity index (χ4v) is 0.381. The second-order valence-electron chi connectivity index (χ2n) is 3.65. The minimum Gasteiger partial charge on any atom is -0.343 e. The van der Waals surface area contributed by atoms with Gasteiger partial charge in [0.2, 0.25) is 0 Å². The van der Waals surface area contributed by atoms with E-state index in [9.17, 15) is 4.79 Å². The fraction of sp³-hybridized carbons (Fsp3) is 0.778. The summed E-state index contributed by atoms with van der Waals surface area (Å²) in [4.78, 5) is 20.3. The number of hydrogen-bond acceptors (Lipinski definition) is 3. The van der Waals surface area contributed by atoms with Gasteiger partial charge in [0.05, 0.1) is 12.0 Å². The van der Waals surface area contributed by atoms with Crippen LogP contribution in [0.3, 0.4) is 0 Å². The molecule has 0 bridgehead atoms. The van der Waals surface area contributed by atoms with Crippen molar-refractivity contribution in [1.82, 2.24) is 0 Å². The zero-order valence-corrected chi connectivity index (χ0v) is 10.5. The van der Waals surface area contributed by atoms with Gasteiger partial charge in [-0.15, -0.1) is 0 Å². The van der Waals surface area contributed by atoms with Gasteiger partial charge in [-0.3, -0.25) is 4.89 Å². The predicted octanol–water partition coefficient (Wildman–Crippen LogP) is 2.12. The molecule has 0 aliphatic carbocycles. The van der Waals surface area contributed by atoms with Gasteiger partial charge in [-0.05, 0) is 20.8 Å². The van der Waals surface area contributed by atoms with Crippen LogP contribution in [0, 0.1) is 51.0 Å². The van der Waals surface area contributed by atoms with E-state index in [1.54, 1.807) is 20.8 Å². The van der Waals surface area contributed by atoms with Crippen molar-refractivity contribution >= 4 is 5.97 Å². The van der Waals surface area contributed by atoms with E-state index < -0.39 is 5.41 Å². The average Bonchev–Trinajstić information content (AvgIpc) is 1.96. The number of unbranched alkanes of at least 4 members (excludes halogenated alkanes) is 1. The summed E-state index contributed by atoms with van der Waals surface area (Å²) in [7, 11) is 0. The minimum atomic E-state index is -0.496. The maximum absolute atomic E-state index is 11.1. The van der Waals surface area contributed by atoms with Crippen LogP contribution < -0.4 is 0 Å². The molecule has 0 amide bonds. The molecule has 0 spiro atoms. The largest absolute Gasteiger partial charge is 0.347 e. The summed E-state index contributed by atoms with van der Waals surface area (Å²) in [5.41, 5.74) is -0.496. The Morgan fingerprint density at radius 3 is 2.31 bits per heavy atom. The van der Waals surface area contributed by atoms with Crippen LogP contribution in [0.5, 0.6) is 0 Å². The van der Waals surface area contributed by atoms with Crippen molar-refractivity contribution < 1.29 is 53.2 Å². The van der Waals surface area contributed by atoms with Crippen LogP contribution in [0.1, 0.15) is 33.6 Å². The van der Waals surface area contributed by atoms with Crippen LogP contribution in [0.2, 0.25) is 0 Å². The molecule has 0 aliphatic heterocycles. The first-order valence-electron chi connectivity index (χ1n) is 4.11. The summed E-state index contributed by atoms with van der Waals surface area (Å²) < 4.78 is 0. The van der Waals surface area contributed by atoms with Crippen molar-refractivity contribution in [2.75, 3.05) is 6.61 Å². The SMILES string of the molecule is [CH2-]CCCOOC(=O)C(C)(C)C.[Tb]. The molecule has 0 saturated heterocycles. The molecule has 0 N–H and O–H groups in total. The Morgan fingerprint density at radius 1 is 1.38 bits per heavy atom. The van der Waals surface area contributed by atoms with E-state index in [4.69, 9.17) is 0 Å². The van der Waals surface area contributed by atoms with Crippen molar-refractivity contribution in [1.29, 1.82) is 0 Å². The Kier molecular flexibility index (Phi) is 10.0. The molecule has 1 radical (unpaired) electrons. The second kappa shape index (κ2) is 8.06. The minimum absolute atomic E-state index is 0. The summed E-state index contributed by atoms with van der Waals surface area (Å²) in [5, 5.41) is 0. The quantitative estimate of drug-likeness (QED) is 0.342. The molecule has 4 heteroatoms. The van der Waals surface area contributed by atoms with Gasteiger partial charge in [-0.2, -0.15) is 11.3 Å². The molecule has 0 heterocycles.